The molecule has 3 N–H and O–H groups in total. The van der Waals surface area contributed by atoms with E-state index in [2.05, 4.69) is 36.4 Å². The van der Waals surface area contributed by atoms with Crippen LogP contribution in [0.3, 0.4) is 0 Å². The molecule has 0 saturated heterocycles. The number of carboxylic acid groups (broad SMARTS) is 1. The van der Waals surface area contributed by atoms with Gasteiger partial charge >= 0.3 is 12.0 Å². The van der Waals surface area contributed by atoms with Crippen LogP contribution in [-0.4, -0.2) is 45.5 Å². The molecule has 8 nitrogen and oxygen atoms in total. The predicted molar refractivity (Wildman–Crippen MR) is 160 cm³/mol. The monoisotopic (exact) mass is 556 g/mol. The highest BCUT2D eigenvalue weighted by Crippen LogP contribution is 2.39. The maximum absolute atomic E-state index is 13.7. The number of carbonyl (C=O) groups is 3. The summed E-state index contributed by atoms with van der Waals surface area (Å²) >= 11 is 0. The Hall–Kier alpha value is -4.20. The van der Waals surface area contributed by atoms with Gasteiger partial charge in [-0.05, 0) is 66.8 Å². The third-order valence-electron chi connectivity index (χ3n) is 7.90. The van der Waals surface area contributed by atoms with Gasteiger partial charge < -0.3 is 20.6 Å². The summed E-state index contributed by atoms with van der Waals surface area (Å²) in [4.78, 5) is 43.2. The van der Waals surface area contributed by atoms with Crippen molar-refractivity contribution in [2.45, 2.75) is 65.5 Å². The molecule has 216 valence electrons. The summed E-state index contributed by atoms with van der Waals surface area (Å²) in [5, 5.41) is 14.5. The number of carboxylic acids is 1. The Labute approximate surface area is 242 Å². The van der Waals surface area contributed by atoms with Crippen molar-refractivity contribution in [3.8, 4) is 11.3 Å². The number of nitrogens with one attached hydrogen (secondary N) is 2. The number of carbonyl (C=O) groups excluding carboxylic acids is 2. The lowest BCUT2D eigenvalue weighted by Gasteiger charge is -2.41. The van der Waals surface area contributed by atoms with Crippen LogP contribution in [0.1, 0.15) is 68.8 Å². The number of nitrogens with zero attached hydrogens (tertiary/aromatic N) is 2. The molecule has 1 aliphatic rings. The molecule has 0 spiro atoms. The molecule has 1 aliphatic carbocycles. The average Bonchev–Trinajstić information content (AvgIpc) is 2.96. The maximum atomic E-state index is 13.7. The number of hydrogen-bond donors (Lipinski definition) is 3. The topological polar surface area (TPSA) is 112 Å². The SMILES string of the molecule is CC(C)(C)C1CCC(N(Cc2ccc(C(=O)NCCC(=O)O)cc2)C(=O)Nc2ccc(-c3ccccc3)nc2)CC1. The summed E-state index contributed by atoms with van der Waals surface area (Å²) in [5.74, 6) is -0.657. The number of anilines is 1. The Balaban J connectivity index is 1.46. The van der Waals surface area contributed by atoms with E-state index in [1.807, 2.05) is 59.5 Å². The summed E-state index contributed by atoms with van der Waals surface area (Å²) in [6.45, 7) is 7.34. The summed E-state index contributed by atoms with van der Waals surface area (Å²) < 4.78 is 0. The van der Waals surface area contributed by atoms with Crippen LogP contribution in [0.5, 0.6) is 0 Å². The third-order valence-corrected chi connectivity index (χ3v) is 7.90. The maximum Gasteiger partial charge on any atom is 0.322 e. The summed E-state index contributed by atoms with van der Waals surface area (Å²) in [6, 6.07) is 20.7. The van der Waals surface area contributed by atoms with E-state index in [0.717, 1.165) is 42.5 Å². The first kappa shape index (κ1) is 29.8. The first-order chi connectivity index (χ1) is 19.6. The molecule has 3 aromatic rings. The Morgan fingerprint density at radius 2 is 1.61 bits per heavy atom. The molecule has 8 heteroatoms. The highest BCUT2D eigenvalue weighted by atomic mass is 16.4. The van der Waals surface area contributed by atoms with E-state index in [-0.39, 0.29) is 36.4 Å². The summed E-state index contributed by atoms with van der Waals surface area (Å²) in [5.41, 5.74) is 4.10. The molecule has 0 unspecified atom stereocenters. The van der Waals surface area contributed by atoms with Gasteiger partial charge in [0, 0.05) is 30.3 Å². The highest BCUT2D eigenvalue weighted by molar-refractivity contribution is 5.94. The lowest BCUT2D eigenvalue weighted by molar-refractivity contribution is -0.136. The first-order valence-corrected chi connectivity index (χ1v) is 14.3. The fourth-order valence-corrected chi connectivity index (χ4v) is 5.41. The van der Waals surface area contributed by atoms with Gasteiger partial charge in [-0.3, -0.25) is 14.6 Å². The van der Waals surface area contributed by atoms with Crippen LogP contribution in [0.25, 0.3) is 11.3 Å². The normalized spacial score (nSPS) is 17.0. The van der Waals surface area contributed by atoms with Crippen molar-refractivity contribution in [3.05, 3.63) is 84.1 Å². The number of aromatic nitrogens is 1. The molecule has 0 radical (unpaired) electrons. The van der Waals surface area contributed by atoms with Crippen molar-refractivity contribution >= 4 is 23.6 Å². The Kier molecular flexibility index (Phi) is 9.76. The second-order valence-corrected chi connectivity index (χ2v) is 11.8. The van der Waals surface area contributed by atoms with Crippen LogP contribution >= 0.6 is 0 Å². The predicted octanol–water partition coefficient (Wildman–Crippen LogP) is 6.59. The number of benzene rings is 2. The van der Waals surface area contributed by atoms with E-state index >= 15 is 0 Å². The molecule has 1 heterocycles. The Bertz CT molecular complexity index is 1310. The van der Waals surface area contributed by atoms with Gasteiger partial charge in [0.05, 0.1) is 24.0 Å². The highest BCUT2D eigenvalue weighted by Gasteiger charge is 2.33. The fourth-order valence-electron chi connectivity index (χ4n) is 5.41. The number of amides is 3. The number of aliphatic carboxylic acids is 1. The van der Waals surface area contributed by atoms with Crippen LogP contribution in [0.15, 0.2) is 72.9 Å². The molecule has 4 rings (SSSR count). The average molecular weight is 557 g/mol. The molecule has 2 aromatic carbocycles. The van der Waals surface area contributed by atoms with Crippen LogP contribution in [0.4, 0.5) is 10.5 Å². The molecule has 0 bridgehead atoms. The number of urea groups is 1. The zero-order chi connectivity index (χ0) is 29.4. The second kappa shape index (κ2) is 13.4. The number of pyridine rings is 1. The van der Waals surface area contributed by atoms with Gasteiger partial charge in [0.2, 0.25) is 0 Å². The largest absolute Gasteiger partial charge is 0.481 e. The smallest absolute Gasteiger partial charge is 0.322 e. The van der Waals surface area contributed by atoms with Crippen molar-refractivity contribution < 1.29 is 19.5 Å². The van der Waals surface area contributed by atoms with Crippen molar-refractivity contribution in [2.24, 2.45) is 11.3 Å². The molecular weight excluding hydrogens is 516 g/mol. The lowest BCUT2D eigenvalue weighted by atomic mass is 9.71. The zero-order valence-electron chi connectivity index (χ0n) is 24.1. The molecule has 3 amide bonds. The second-order valence-electron chi connectivity index (χ2n) is 11.8. The van der Waals surface area contributed by atoms with E-state index in [9.17, 15) is 14.4 Å². The molecule has 1 saturated carbocycles. The molecule has 1 aromatic heterocycles. The zero-order valence-corrected chi connectivity index (χ0v) is 24.1. The standard InChI is InChI=1S/C33H40N4O4/c1-33(2,3)26-13-16-28(17-14-26)37(22-23-9-11-25(12-10-23)31(40)34-20-19-30(38)39)32(41)36-27-15-18-29(35-21-27)24-7-5-4-6-8-24/h4-12,15,18,21,26,28H,13-14,16-17,19-20,22H2,1-3H3,(H,34,40)(H,36,41)(H,38,39). The van der Waals surface area contributed by atoms with E-state index in [4.69, 9.17) is 5.11 Å². The minimum Gasteiger partial charge on any atom is -0.481 e. The van der Waals surface area contributed by atoms with E-state index in [1.165, 1.54) is 0 Å². The van der Waals surface area contributed by atoms with E-state index in [0.29, 0.717) is 23.7 Å². The molecule has 1 fully saturated rings. The molecule has 41 heavy (non-hydrogen) atoms. The van der Waals surface area contributed by atoms with Crippen molar-refractivity contribution in [3.63, 3.8) is 0 Å². The van der Waals surface area contributed by atoms with Crippen LogP contribution in [0, 0.1) is 11.3 Å². The van der Waals surface area contributed by atoms with Gasteiger partial charge in [0.1, 0.15) is 0 Å². The number of hydrogen-bond acceptors (Lipinski definition) is 4. The fraction of sp³-hybridized carbons (Fsp3) is 0.394. The van der Waals surface area contributed by atoms with E-state index in [1.54, 1.807) is 18.3 Å². The van der Waals surface area contributed by atoms with Gasteiger partial charge in [-0.1, -0.05) is 63.2 Å². The molecule has 0 aliphatic heterocycles. The van der Waals surface area contributed by atoms with Crippen LogP contribution in [-0.2, 0) is 11.3 Å². The third kappa shape index (κ3) is 8.39. The molecule has 0 atom stereocenters. The lowest BCUT2D eigenvalue weighted by Crippen LogP contribution is -2.45. The Morgan fingerprint density at radius 1 is 0.927 bits per heavy atom. The quantitative estimate of drug-likeness (QED) is 0.275. The minimum atomic E-state index is -0.960. The molecular formula is C33H40N4O4. The summed E-state index contributed by atoms with van der Waals surface area (Å²) in [7, 11) is 0. The first-order valence-electron chi connectivity index (χ1n) is 14.3. The van der Waals surface area contributed by atoms with Gasteiger partial charge in [-0.2, -0.15) is 0 Å². The van der Waals surface area contributed by atoms with Gasteiger partial charge in [-0.15, -0.1) is 0 Å². The van der Waals surface area contributed by atoms with Crippen molar-refractivity contribution in [2.75, 3.05) is 11.9 Å². The number of rotatable bonds is 9. The van der Waals surface area contributed by atoms with Gasteiger partial charge in [0.15, 0.2) is 0 Å². The Morgan fingerprint density at radius 3 is 2.20 bits per heavy atom. The van der Waals surface area contributed by atoms with E-state index < -0.39 is 5.97 Å². The van der Waals surface area contributed by atoms with Crippen LogP contribution in [0.2, 0.25) is 0 Å². The van der Waals surface area contributed by atoms with Crippen molar-refractivity contribution in [1.29, 1.82) is 0 Å². The minimum absolute atomic E-state index is 0.0717. The van der Waals surface area contributed by atoms with Gasteiger partial charge in [0.25, 0.3) is 5.91 Å². The van der Waals surface area contributed by atoms with Gasteiger partial charge in [-0.25, -0.2) is 4.79 Å². The summed E-state index contributed by atoms with van der Waals surface area (Å²) in [6.07, 6.45) is 5.57. The van der Waals surface area contributed by atoms with Crippen LogP contribution < -0.4 is 10.6 Å². The van der Waals surface area contributed by atoms with Crippen molar-refractivity contribution in [1.82, 2.24) is 15.2 Å².